The van der Waals surface area contributed by atoms with E-state index in [-0.39, 0.29) is 12.4 Å². The number of hydrogen-bond donors (Lipinski definition) is 2. The number of ether oxygens (including phenoxy) is 1. The lowest BCUT2D eigenvalue weighted by Crippen LogP contribution is -2.17. The van der Waals surface area contributed by atoms with Crippen LogP contribution < -0.4 is 4.74 Å². The molecule has 10 heteroatoms. The third-order valence-electron chi connectivity index (χ3n) is 6.85. The molecule has 0 spiro atoms. The summed E-state index contributed by atoms with van der Waals surface area (Å²) < 4.78 is 47.8. The van der Waals surface area contributed by atoms with Crippen molar-refractivity contribution in [3.8, 4) is 22.8 Å². The molecule has 2 aromatic carbocycles. The van der Waals surface area contributed by atoms with Crippen molar-refractivity contribution < 1.29 is 32.9 Å². The van der Waals surface area contributed by atoms with Crippen molar-refractivity contribution in [3.05, 3.63) is 95.3 Å². The number of benzene rings is 2. The van der Waals surface area contributed by atoms with Crippen molar-refractivity contribution in [2.45, 2.75) is 50.7 Å². The maximum Gasteiger partial charge on any atom is 0.434 e. The number of aromatic nitrogens is 3. The summed E-state index contributed by atoms with van der Waals surface area (Å²) in [4.78, 5) is 15.9. The number of para-hydroxylation sites is 1. The first-order valence-corrected chi connectivity index (χ1v) is 12.5. The first-order chi connectivity index (χ1) is 18.7. The van der Waals surface area contributed by atoms with Crippen LogP contribution in [-0.2, 0) is 17.6 Å². The van der Waals surface area contributed by atoms with E-state index in [0.29, 0.717) is 46.2 Å². The van der Waals surface area contributed by atoms with Crippen molar-refractivity contribution in [1.82, 2.24) is 14.8 Å². The van der Waals surface area contributed by atoms with Gasteiger partial charge in [0.25, 0.3) is 0 Å². The Balaban J connectivity index is 1.37. The number of aliphatic hydroxyl groups is 2. The second-order valence-corrected chi connectivity index (χ2v) is 9.45. The fourth-order valence-electron chi connectivity index (χ4n) is 4.82. The quantitative estimate of drug-likeness (QED) is 0.292. The summed E-state index contributed by atoms with van der Waals surface area (Å²) in [7, 11) is 0. The number of halogens is 3. The highest BCUT2D eigenvalue weighted by Gasteiger charge is 2.40. The van der Waals surface area contributed by atoms with Gasteiger partial charge in [0.05, 0.1) is 17.5 Å². The minimum absolute atomic E-state index is 0.137. The van der Waals surface area contributed by atoms with Gasteiger partial charge in [0.2, 0.25) is 0 Å². The van der Waals surface area contributed by atoms with E-state index in [9.17, 15) is 28.2 Å². The maximum atomic E-state index is 13.7. The van der Waals surface area contributed by atoms with Crippen molar-refractivity contribution in [2.75, 3.05) is 0 Å². The fourth-order valence-corrected chi connectivity index (χ4v) is 4.82. The standard InChI is InChI=1S/C29H26F3N3O4/c30-29(31,32)27-23(28(37)38)16-33-35(27)26-7-3-5-24(34-26)22-4-1-2-6-25(22)39-17-18-8-10-19(11-9-18)20-12-14-21(36)15-13-20/h1-11,16,20,28,37-38H,12-15,17H2. The molecule has 1 aliphatic carbocycles. The molecular weight excluding hydrogens is 511 g/mol. The first-order valence-electron chi connectivity index (χ1n) is 12.5. The highest BCUT2D eigenvalue weighted by Crippen LogP contribution is 2.36. The third kappa shape index (κ3) is 5.86. The van der Waals surface area contributed by atoms with Crippen LogP contribution in [0.25, 0.3) is 17.1 Å². The second kappa shape index (κ2) is 11.0. The zero-order chi connectivity index (χ0) is 27.6. The van der Waals surface area contributed by atoms with Gasteiger partial charge in [-0.25, -0.2) is 9.67 Å². The molecule has 2 N–H and O–H groups in total. The topological polar surface area (TPSA) is 97.5 Å². The zero-order valence-electron chi connectivity index (χ0n) is 20.8. The molecule has 0 unspecified atom stereocenters. The van der Waals surface area contributed by atoms with Crippen molar-refractivity contribution in [1.29, 1.82) is 0 Å². The summed E-state index contributed by atoms with van der Waals surface area (Å²) >= 11 is 0. The van der Waals surface area contributed by atoms with Crippen LogP contribution in [0.1, 0.15) is 60.3 Å². The Hall–Kier alpha value is -4.02. The monoisotopic (exact) mass is 537 g/mol. The molecule has 0 radical (unpaired) electrons. The van der Waals surface area contributed by atoms with E-state index >= 15 is 0 Å². The Kier molecular flexibility index (Phi) is 7.49. The Morgan fingerprint density at radius 1 is 0.974 bits per heavy atom. The van der Waals surface area contributed by atoms with Gasteiger partial charge in [-0.15, -0.1) is 0 Å². The number of aliphatic hydroxyl groups excluding tert-OH is 1. The number of carbonyl (C=O) groups is 1. The van der Waals surface area contributed by atoms with Crippen LogP contribution in [0.15, 0.2) is 72.9 Å². The van der Waals surface area contributed by atoms with E-state index in [1.54, 1.807) is 36.4 Å². The van der Waals surface area contributed by atoms with Crippen molar-refractivity contribution >= 4 is 5.78 Å². The van der Waals surface area contributed by atoms with Crippen LogP contribution in [0.2, 0.25) is 0 Å². The van der Waals surface area contributed by atoms with E-state index in [4.69, 9.17) is 4.74 Å². The van der Waals surface area contributed by atoms with Gasteiger partial charge in [-0.2, -0.15) is 18.3 Å². The van der Waals surface area contributed by atoms with Crippen molar-refractivity contribution in [2.24, 2.45) is 0 Å². The maximum absolute atomic E-state index is 13.7. The lowest BCUT2D eigenvalue weighted by molar-refractivity contribution is -0.147. The molecule has 0 bridgehead atoms. The van der Waals surface area contributed by atoms with Gasteiger partial charge in [-0.1, -0.05) is 42.5 Å². The summed E-state index contributed by atoms with van der Waals surface area (Å²) in [6, 6.07) is 19.7. The number of carbonyl (C=O) groups excluding carboxylic acids is 1. The molecule has 39 heavy (non-hydrogen) atoms. The first kappa shape index (κ1) is 26.6. The molecule has 1 aliphatic rings. The van der Waals surface area contributed by atoms with E-state index in [1.165, 1.54) is 11.6 Å². The number of ketones is 1. The number of nitrogens with zero attached hydrogens (tertiary/aromatic N) is 3. The largest absolute Gasteiger partial charge is 0.488 e. The molecule has 0 saturated heterocycles. The van der Waals surface area contributed by atoms with Gasteiger partial charge in [0.1, 0.15) is 18.1 Å². The molecule has 2 heterocycles. The Morgan fingerprint density at radius 2 is 1.69 bits per heavy atom. The highest BCUT2D eigenvalue weighted by atomic mass is 19.4. The molecule has 7 nitrogen and oxygen atoms in total. The molecule has 0 atom stereocenters. The number of hydrogen-bond acceptors (Lipinski definition) is 6. The number of Topliss-reactive ketones (excluding diaryl/α,β-unsaturated/α-hetero) is 1. The van der Waals surface area contributed by atoms with E-state index in [2.05, 4.69) is 22.2 Å². The van der Waals surface area contributed by atoms with Crippen LogP contribution >= 0.6 is 0 Å². The smallest absolute Gasteiger partial charge is 0.434 e. The zero-order valence-corrected chi connectivity index (χ0v) is 20.8. The van der Waals surface area contributed by atoms with Crippen LogP contribution in [-0.4, -0.2) is 30.8 Å². The van der Waals surface area contributed by atoms with Gasteiger partial charge in [0, 0.05) is 18.4 Å². The van der Waals surface area contributed by atoms with Gasteiger partial charge in [-0.3, -0.25) is 4.79 Å². The minimum atomic E-state index is -4.89. The van der Waals surface area contributed by atoms with Gasteiger partial charge >= 0.3 is 6.18 Å². The predicted octanol–water partition coefficient (Wildman–Crippen LogP) is 5.74. The van der Waals surface area contributed by atoms with Gasteiger partial charge in [-0.05, 0) is 54.2 Å². The lowest BCUT2D eigenvalue weighted by Gasteiger charge is -2.21. The number of pyridine rings is 1. The summed E-state index contributed by atoms with van der Waals surface area (Å²) in [5.74, 6) is 1.08. The van der Waals surface area contributed by atoms with Crippen LogP contribution in [0.4, 0.5) is 13.2 Å². The molecule has 4 aromatic rings. The molecule has 5 rings (SSSR count). The predicted molar refractivity (Wildman–Crippen MR) is 136 cm³/mol. The molecular formula is C29H26F3N3O4. The number of alkyl halides is 3. The molecule has 1 saturated carbocycles. The summed E-state index contributed by atoms with van der Waals surface area (Å²) in [5, 5.41) is 22.5. The van der Waals surface area contributed by atoms with Crippen LogP contribution in [0, 0.1) is 0 Å². The van der Waals surface area contributed by atoms with E-state index in [1.807, 2.05) is 12.1 Å². The van der Waals surface area contributed by atoms with Crippen LogP contribution in [0.3, 0.4) is 0 Å². The third-order valence-corrected chi connectivity index (χ3v) is 6.85. The molecule has 2 aromatic heterocycles. The van der Waals surface area contributed by atoms with E-state index < -0.39 is 23.7 Å². The fraction of sp³-hybridized carbons (Fsp3) is 0.276. The average Bonchev–Trinajstić information content (AvgIpc) is 3.40. The lowest BCUT2D eigenvalue weighted by atomic mass is 9.83. The minimum Gasteiger partial charge on any atom is -0.488 e. The molecule has 0 aliphatic heterocycles. The SMILES string of the molecule is O=C1CCC(c2ccc(COc3ccccc3-c3cccc(-n4ncc(C(O)O)c4C(F)(F)F)n3)cc2)CC1. The molecule has 0 amide bonds. The van der Waals surface area contributed by atoms with Crippen molar-refractivity contribution in [3.63, 3.8) is 0 Å². The highest BCUT2D eigenvalue weighted by molar-refractivity contribution is 5.79. The Morgan fingerprint density at radius 3 is 2.38 bits per heavy atom. The van der Waals surface area contributed by atoms with Gasteiger partial charge < -0.3 is 14.9 Å². The molecule has 1 fully saturated rings. The average molecular weight is 538 g/mol. The second-order valence-electron chi connectivity index (χ2n) is 9.45. The molecule has 202 valence electrons. The van der Waals surface area contributed by atoms with E-state index in [0.717, 1.165) is 24.6 Å². The van der Waals surface area contributed by atoms with Gasteiger partial charge in [0.15, 0.2) is 17.8 Å². The summed E-state index contributed by atoms with van der Waals surface area (Å²) in [6.45, 7) is 0.273. The number of rotatable bonds is 7. The summed E-state index contributed by atoms with van der Waals surface area (Å²) in [5.41, 5.74) is 1.02. The Labute approximate surface area is 222 Å². The Bertz CT molecular complexity index is 1460. The normalized spacial score (nSPS) is 14.7. The van der Waals surface area contributed by atoms with Crippen LogP contribution in [0.5, 0.6) is 5.75 Å². The summed E-state index contributed by atoms with van der Waals surface area (Å²) in [6.07, 6.45) is -3.46.